The van der Waals surface area contributed by atoms with Gasteiger partial charge in [-0.15, -0.1) is 0 Å². The first-order chi connectivity index (χ1) is 9.34. The van der Waals surface area contributed by atoms with E-state index < -0.39 is 0 Å². The minimum atomic E-state index is 0.0351. The highest BCUT2D eigenvalue weighted by Gasteiger charge is 2.29. The van der Waals surface area contributed by atoms with Gasteiger partial charge in [0.15, 0.2) is 0 Å². The van der Waals surface area contributed by atoms with E-state index in [9.17, 15) is 4.79 Å². The molecule has 19 heavy (non-hydrogen) atoms. The predicted octanol–water partition coefficient (Wildman–Crippen LogP) is 3.50. The largest absolute Gasteiger partial charge is 0.321 e. The van der Waals surface area contributed by atoms with Gasteiger partial charge in [0.25, 0.3) is 5.91 Å². The number of benzene rings is 2. The Hall–Kier alpha value is -2.35. The average molecular weight is 247 g/mol. The number of nitrogens with one attached hydrogen (secondary N) is 1. The van der Waals surface area contributed by atoms with Crippen LogP contribution < -0.4 is 5.32 Å². The first kappa shape index (κ1) is 10.6. The fraction of sp³-hybridized carbons (Fsp3) is 0.118. The summed E-state index contributed by atoms with van der Waals surface area (Å²) in [6.45, 7) is 0. The number of hydrogen-bond donors (Lipinski definition) is 1. The summed E-state index contributed by atoms with van der Waals surface area (Å²) >= 11 is 0. The van der Waals surface area contributed by atoms with Gasteiger partial charge in [-0.1, -0.05) is 42.5 Å². The number of rotatable bonds is 0. The van der Waals surface area contributed by atoms with Crippen LogP contribution in [0.1, 0.15) is 23.1 Å². The summed E-state index contributed by atoms with van der Waals surface area (Å²) in [4.78, 5) is 12.3. The SMILES string of the molecule is O=C1Nc2ccccc2/C1=C1/CCc2ccccc21. The third-order valence-electron chi connectivity index (χ3n) is 3.96. The molecule has 0 fully saturated rings. The summed E-state index contributed by atoms with van der Waals surface area (Å²) in [7, 11) is 0. The molecule has 0 bridgehead atoms. The maximum absolute atomic E-state index is 12.3. The number of anilines is 1. The lowest BCUT2D eigenvalue weighted by atomic mass is 9.97. The van der Waals surface area contributed by atoms with Crippen molar-refractivity contribution in [3.8, 4) is 0 Å². The van der Waals surface area contributed by atoms with Crippen molar-refractivity contribution in [2.75, 3.05) is 5.32 Å². The lowest BCUT2D eigenvalue weighted by Crippen LogP contribution is -2.05. The number of allylic oxidation sites excluding steroid dienone is 1. The van der Waals surface area contributed by atoms with Gasteiger partial charge in [0.2, 0.25) is 0 Å². The summed E-state index contributed by atoms with van der Waals surface area (Å²) < 4.78 is 0. The molecule has 0 radical (unpaired) electrons. The molecule has 0 saturated carbocycles. The summed E-state index contributed by atoms with van der Waals surface area (Å²) in [5.41, 5.74) is 6.61. The highest BCUT2D eigenvalue weighted by atomic mass is 16.2. The van der Waals surface area contributed by atoms with E-state index in [-0.39, 0.29) is 5.91 Å². The fourth-order valence-corrected chi connectivity index (χ4v) is 3.10. The van der Waals surface area contributed by atoms with E-state index in [1.54, 1.807) is 0 Å². The Kier molecular flexibility index (Phi) is 2.12. The van der Waals surface area contributed by atoms with Crippen LogP contribution in [0, 0.1) is 0 Å². The fourth-order valence-electron chi connectivity index (χ4n) is 3.10. The van der Waals surface area contributed by atoms with Gasteiger partial charge in [-0.3, -0.25) is 4.79 Å². The van der Waals surface area contributed by atoms with Gasteiger partial charge in [0.1, 0.15) is 0 Å². The zero-order valence-electron chi connectivity index (χ0n) is 10.4. The first-order valence-electron chi connectivity index (χ1n) is 6.57. The molecule has 0 aromatic heterocycles. The van der Waals surface area contributed by atoms with Crippen LogP contribution in [0.5, 0.6) is 0 Å². The predicted molar refractivity (Wildman–Crippen MR) is 76.6 cm³/mol. The first-order valence-corrected chi connectivity index (χ1v) is 6.57. The number of aryl methyl sites for hydroxylation is 1. The zero-order valence-corrected chi connectivity index (χ0v) is 10.4. The van der Waals surface area contributed by atoms with Crippen LogP contribution in [0.2, 0.25) is 0 Å². The van der Waals surface area contributed by atoms with E-state index in [1.807, 2.05) is 30.3 Å². The molecule has 1 heterocycles. The Bertz CT molecular complexity index is 728. The van der Waals surface area contributed by atoms with Crippen LogP contribution in [-0.2, 0) is 11.2 Å². The molecule has 2 aromatic carbocycles. The second-order valence-corrected chi connectivity index (χ2v) is 5.01. The number of carbonyl (C=O) groups is 1. The monoisotopic (exact) mass is 247 g/mol. The Labute approximate surface area is 111 Å². The van der Waals surface area contributed by atoms with Crippen LogP contribution in [0.15, 0.2) is 48.5 Å². The molecule has 0 saturated heterocycles. The highest BCUT2D eigenvalue weighted by molar-refractivity contribution is 6.37. The Morgan fingerprint density at radius 3 is 2.47 bits per heavy atom. The van der Waals surface area contributed by atoms with Gasteiger partial charge >= 0.3 is 0 Å². The van der Waals surface area contributed by atoms with Crippen LogP contribution in [0.3, 0.4) is 0 Å². The lowest BCUT2D eigenvalue weighted by molar-refractivity contribution is -0.110. The second kappa shape index (κ2) is 3.82. The number of fused-ring (bicyclic) bond motifs is 2. The molecule has 0 atom stereocenters. The molecule has 2 heteroatoms. The number of para-hydroxylation sites is 1. The number of carbonyl (C=O) groups excluding carboxylic acids is 1. The van der Waals surface area contributed by atoms with Crippen molar-refractivity contribution in [1.29, 1.82) is 0 Å². The van der Waals surface area contributed by atoms with Crippen LogP contribution in [0.4, 0.5) is 5.69 Å². The topological polar surface area (TPSA) is 29.1 Å². The van der Waals surface area contributed by atoms with Gasteiger partial charge < -0.3 is 5.32 Å². The van der Waals surface area contributed by atoms with Crippen LogP contribution >= 0.6 is 0 Å². The molecular weight excluding hydrogens is 234 g/mol. The van der Waals surface area contributed by atoms with Gasteiger partial charge in [-0.2, -0.15) is 0 Å². The van der Waals surface area contributed by atoms with Gasteiger partial charge in [0.05, 0.1) is 5.57 Å². The molecule has 92 valence electrons. The number of amides is 1. The summed E-state index contributed by atoms with van der Waals surface area (Å²) in [5, 5.41) is 2.96. The Morgan fingerprint density at radius 2 is 1.58 bits per heavy atom. The van der Waals surface area contributed by atoms with E-state index in [4.69, 9.17) is 0 Å². The summed E-state index contributed by atoms with van der Waals surface area (Å²) in [6.07, 6.45) is 1.99. The quantitative estimate of drug-likeness (QED) is 0.709. The molecule has 0 unspecified atom stereocenters. The third kappa shape index (κ3) is 1.46. The molecule has 1 aliphatic carbocycles. The van der Waals surface area contributed by atoms with E-state index in [0.717, 1.165) is 29.7 Å². The van der Waals surface area contributed by atoms with Crippen molar-refractivity contribution in [2.45, 2.75) is 12.8 Å². The van der Waals surface area contributed by atoms with Crippen molar-refractivity contribution in [3.05, 3.63) is 65.2 Å². The minimum absolute atomic E-state index is 0.0351. The molecule has 1 amide bonds. The molecule has 1 N–H and O–H groups in total. The maximum atomic E-state index is 12.3. The minimum Gasteiger partial charge on any atom is -0.321 e. The second-order valence-electron chi connectivity index (χ2n) is 5.01. The summed E-state index contributed by atoms with van der Waals surface area (Å²) in [5.74, 6) is 0.0351. The Balaban J connectivity index is 1.99. The van der Waals surface area contributed by atoms with E-state index in [0.29, 0.717) is 0 Å². The normalized spacial score (nSPS) is 20.1. The molecule has 4 rings (SSSR count). The smallest absolute Gasteiger partial charge is 0.256 e. The van der Waals surface area contributed by atoms with Crippen molar-refractivity contribution >= 4 is 22.7 Å². The highest BCUT2D eigenvalue weighted by Crippen LogP contribution is 2.42. The molecule has 2 nitrogen and oxygen atoms in total. The van der Waals surface area contributed by atoms with Gasteiger partial charge in [-0.05, 0) is 35.6 Å². The van der Waals surface area contributed by atoms with Gasteiger partial charge in [0, 0.05) is 11.3 Å². The van der Waals surface area contributed by atoms with E-state index in [2.05, 4.69) is 23.5 Å². The van der Waals surface area contributed by atoms with Crippen LogP contribution in [0.25, 0.3) is 11.1 Å². The van der Waals surface area contributed by atoms with Crippen molar-refractivity contribution in [3.63, 3.8) is 0 Å². The average Bonchev–Trinajstić information content (AvgIpc) is 2.98. The Morgan fingerprint density at radius 1 is 0.842 bits per heavy atom. The molecular formula is C17H13NO. The van der Waals surface area contributed by atoms with E-state index >= 15 is 0 Å². The van der Waals surface area contributed by atoms with E-state index in [1.165, 1.54) is 16.7 Å². The molecule has 0 spiro atoms. The van der Waals surface area contributed by atoms with Crippen molar-refractivity contribution in [1.82, 2.24) is 0 Å². The zero-order chi connectivity index (χ0) is 12.8. The maximum Gasteiger partial charge on any atom is 0.256 e. The van der Waals surface area contributed by atoms with Crippen LogP contribution in [-0.4, -0.2) is 5.91 Å². The standard InChI is InChI=1S/C17H13NO/c19-17-16(14-7-3-4-8-15(14)18-17)13-10-9-11-5-1-2-6-12(11)13/h1-8H,9-10H2,(H,18,19)/b16-13+. The van der Waals surface area contributed by atoms with Crippen molar-refractivity contribution in [2.24, 2.45) is 0 Å². The van der Waals surface area contributed by atoms with Crippen molar-refractivity contribution < 1.29 is 4.79 Å². The lowest BCUT2D eigenvalue weighted by Gasteiger charge is -2.05. The number of hydrogen-bond acceptors (Lipinski definition) is 1. The van der Waals surface area contributed by atoms with Gasteiger partial charge in [-0.25, -0.2) is 0 Å². The molecule has 1 aliphatic heterocycles. The molecule has 2 aromatic rings. The summed E-state index contributed by atoms with van der Waals surface area (Å²) in [6, 6.07) is 16.3. The third-order valence-corrected chi connectivity index (χ3v) is 3.96. The molecule has 2 aliphatic rings.